The van der Waals surface area contributed by atoms with Gasteiger partial charge in [0.15, 0.2) is 11.6 Å². The quantitative estimate of drug-likeness (QED) is 0.833. The molecule has 0 radical (unpaired) electrons. The first kappa shape index (κ1) is 15.7. The van der Waals surface area contributed by atoms with Gasteiger partial charge in [-0.1, -0.05) is 19.1 Å². The maximum absolute atomic E-state index is 14.0. The van der Waals surface area contributed by atoms with Gasteiger partial charge in [0, 0.05) is 11.6 Å². The summed E-state index contributed by atoms with van der Waals surface area (Å²) in [6, 6.07) is 1.48. The van der Waals surface area contributed by atoms with Crippen LogP contribution in [0, 0.1) is 5.82 Å². The molecule has 0 saturated carbocycles. The van der Waals surface area contributed by atoms with Gasteiger partial charge in [0.1, 0.15) is 0 Å². The smallest absolute Gasteiger partial charge is 0.423 e. The molecule has 7 heteroatoms. The van der Waals surface area contributed by atoms with Gasteiger partial charge in [-0.2, -0.15) is 13.2 Å². The highest BCUT2D eigenvalue weighted by Crippen LogP contribution is 2.44. The Bertz CT molecular complexity index is 450. The molecule has 0 aromatic heterocycles. The van der Waals surface area contributed by atoms with Crippen LogP contribution in [0.1, 0.15) is 18.9 Å². The van der Waals surface area contributed by atoms with Gasteiger partial charge in [0.05, 0.1) is 7.11 Å². The molecule has 2 unspecified atom stereocenters. The van der Waals surface area contributed by atoms with E-state index in [1.165, 1.54) is 6.92 Å². The topological polar surface area (TPSA) is 55.5 Å². The molecule has 0 aliphatic heterocycles. The van der Waals surface area contributed by atoms with E-state index < -0.39 is 29.2 Å². The van der Waals surface area contributed by atoms with E-state index in [2.05, 4.69) is 4.74 Å². The van der Waals surface area contributed by atoms with Crippen molar-refractivity contribution in [2.45, 2.75) is 31.2 Å². The van der Waals surface area contributed by atoms with Crippen LogP contribution in [0.25, 0.3) is 0 Å². The van der Waals surface area contributed by atoms with E-state index in [4.69, 9.17) is 5.73 Å². The number of alkyl halides is 3. The van der Waals surface area contributed by atoms with E-state index in [1.807, 2.05) is 0 Å². The highest BCUT2D eigenvalue weighted by atomic mass is 19.4. The van der Waals surface area contributed by atoms with Crippen molar-refractivity contribution in [3.63, 3.8) is 0 Å². The predicted molar refractivity (Wildman–Crippen MR) is 61.2 cm³/mol. The zero-order chi connectivity index (χ0) is 14.8. The van der Waals surface area contributed by atoms with Crippen LogP contribution in [-0.2, 0) is 5.60 Å². The van der Waals surface area contributed by atoms with E-state index in [0.717, 1.165) is 25.3 Å². The lowest BCUT2D eigenvalue weighted by Crippen LogP contribution is -2.55. The molecule has 0 aliphatic carbocycles. The molecular formula is C12H15F4NO2. The number of halogens is 4. The first-order chi connectivity index (χ1) is 8.70. The molecule has 1 aromatic carbocycles. The molecule has 2 atom stereocenters. The Hall–Kier alpha value is -1.34. The Morgan fingerprint density at radius 3 is 2.37 bits per heavy atom. The third-order valence-corrected chi connectivity index (χ3v) is 3.00. The van der Waals surface area contributed by atoms with Crippen molar-refractivity contribution in [2.75, 3.05) is 7.11 Å². The van der Waals surface area contributed by atoms with E-state index >= 15 is 0 Å². The van der Waals surface area contributed by atoms with E-state index in [0.29, 0.717) is 0 Å². The molecule has 3 N–H and O–H groups in total. The standard InChI is InChI=1S/C12H15F4NO2/c1-3-9(17)11(18,12(14,15)16)7-5-4-6-8(19-2)10(7)13/h4-6,9,18H,3,17H2,1-2H3. The molecule has 0 amide bonds. The highest BCUT2D eigenvalue weighted by Gasteiger charge is 2.59. The van der Waals surface area contributed by atoms with Gasteiger partial charge < -0.3 is 15.6 Å². The molecule has 0 aliphatic rings. The summed E-state index contributed by atoms with van der Waals surface area (Å²) in [4.78, 5) is 0. The fourth-order valence-electron chi connectivity index (χ4n) is 1.82. The van der Waals surface area contributed by atoms with Crippen molar-refractivity contribution in [3.8, 4) is 5.75 Å². The minimum absolute atomic E-state index is 0.174. The van der Waals surface area contributed by atoms with Crippen LogP contribution in [0.5, 0.6) is 5.75 Å². The molecule has 0 spiro atoms. The van der Waals surface area contributed by atoms with Crippen molar-refractivity contribution < 1.29 is 27.4 Å². The van der Waals surface area contributed by atoms with Crippen molar-refractivity contribution in [1.82, 2.24) is 0 Å². The molecule has 1 aromatic rings. The van der Waals surface area contributed by atoms with Crippen molar-refractivity contribution in [3.05, 3.63) is 29.6 Å². The molecule has 19 heavy (non-hydrogen) atoms. The normalized spacial score (nSPS) is 16.8. The Morgan fingerprint density at radius 1 is 1.37 bits per heavy atom. The summed E-state index contributed by atoms with van der Waals surface area (Å²) >= 11 is 0. The Kier molecular flexibility index (Phi) is 4.42. The minimum atomic E-state index is -5.10. The average Bonchev–Trinajstić information content (AvgIpc) is 2.35. The van der Waals surface area contributed by atoms with Crippen LogP contribution in [-0.4, -0.2) is 24.4 Å². The summed E-state index contributed by atoms with van der Waals surface area (Å²) in [6.07, 6.45) is -5.28. The maximum atomic E-state index is 14.0. The number of hydrogen-bond donors (Lipinski definition) is 2. The summed E-state index contributed by atoms with van der Waals surface area (Å²) < 4.78 is 57.9. The number of rotatable bonds is 4. The third kappa shape index (κ3) is 2.52. The van der Waals surface area contributed by atoms with Gasteiger partial charge in [0.2, 0.25) is 5.60 Å². The average molecular weight is 281 g/mol. The lowest BCUT2D eigenvalue weighted by atomic mass is 9.84. The number of aliphatic hydroxyl groups is 1. The fraction of sp³-hybridized carbons (Fsp3) is 0.500. The van der Waals surface area contributed by atoms with Gasteiger partial charge in [-0.25, -0.2) is 4.39 Å². The van der Waals surface area contributed by atoms with Crippen LogP contribution >= 0.6 is 0 Å². The molecule has 0 bridgehead atoms. The van der Waals surface area contributed by atoms with E-state index in [-0.39, 0.29) is 12.2 Å². The third-order valence-electron chi connectivity index (χ3n) is 3.00. The van der Waals surface area contributed by atoms with Crippen molar-refractivity contribution in [1.29, 1.82) is 0 Å². The predicted octanol–water partition coefficient (Wildman–Crippen LogP) is 2.32. The summed E-state index contributed by atoms with van der Waals surface area (Å²) in [5, 5.41) is 9.94. The van der Waals surface area contributed by atoms with Gasteiger partial charge >= 0.3 is 6.18 Å². The van der Waals surface area contributed by atoms with Gasteiger partial charge in [-0.15, -0.1) is 0 Å². The van der Waals surface area contributed by atoms with Crippen LogP contribution < -0.4 is 10.5 Å². The Labute approximate surface area is 108 Å². The second kappa shape index (κ2) is 5.34. The van der Waals surface area contributed by atoms with E-state index in [1.54, 1.807) is 0 Å². The van der Waals surface area contributed by atoms with Crippen LogP contribution in [0.2, 0.25) is 0 Å². The fourth-order valence-corrected chi connectivity index (χ4v) is 1.82. The van der Waals surface area contributed by atoms with Crippen LogP contribution in [0.15, 0.2) is 18.2 Å². The Balaban J connectivity index is 3.51. The summed E-state index contributed by atoms with van der Waals surface area (Å²) in [5.41, 5.74) is 0.958. The van der Waals surface area contributed by atoms with Gasteiger partial charge in [0.25, 0.3) is 0 Å². The Morgan fingerprint density at radius 2 is 1.95 bits per heavy atom. The van der Waals surface area contributed by atoms with Gasteiger partial charge in [-0.05, 0) is 12.5 Å². The summed E-state index contributed by atoms with van der Waals surface area (Å²) in [6.45, 7) is 1.37. The zero-order valence-electron chi connectivity index (χ0n) is 10.5. The molecule has 108 valence electrons. The lowest BCUT2D eigenvalue weighted by Gasteiger charge is -2.35. The first-order valence-electron chi connectivity index (χ1n) is 5.57. The lowest BCUT2D eigenvalue weighted by molar-refractivity contribution is -0.275. The maximum Gasteiger partial charge on any atom is 0.423 e. The minimum Gasteiger partial charge on any atom is -0.494 e. The molecular weight excluding hydrogens is 266 g/mol. The number of hydrogen-bond acceptors (Lipinski definition) is 3. The second-order valence-corrected chi connectivity index (χ2v) is 4.10. The zero-order valence-corrected chi connectivity index (χ0v) is 10.5. The molecule has 3 nitrogen and oxygen atoms in total. The summed E-state index contributed by atoms with van der Waals surface area (Å²) in [7, 11) is 1.12. The first-order valence-corrected chi connectivity index (χ1v) is 5.57. The largest absolute Gasteiger partial charge is 0.494 e. The second-order valence-electron chi connectivity index (χ2n) is 4.10. The highest BCUT2D eigenvalue weighted by molar-refractivity contribution is 5.36. The summed E-state index contributed by atoms with van der Waals surface area (Å²) in [5.74, 6) is -1.66. The number of benzene rings is 1. The number of methoxy groups -OCH3 is 1. The monoisotopic (exact) mass is 281 g/mol. The molecule has 0 fully saturated rings. The SMILES string of the molecule is CCC(N)C(O)(c1cccc(OC)c1F)C(F)(F)F. The molecule has 0 heterocycles. The molecule has 0 saturated heterocycles. The number of nitrogens with two attached hydrogens (primary N) is 1. The van der Waals surface area contributed by atoms with Crippen LogP contribution in [0.4, 0.5) is 17.6 Å². The number of ether oxygens (including phenoxy) is 1. The van der Waals surface area contributed by atoms with Crippen LogP contribution in [0.3, 0.4) is 0 Å². The van der Waals surface area contributed by atoms with Gasteiger partial charge in [-0.3, -0.25) is 0 Å². The van der Waals surface area contributed by atoms with E-state index in [9.17, 15) is 22.7 Å². The van der Waals surface area contributed by atoms with Crippen molar-refractivity contribution in [2.24, 2.45) is 5.73 Å². The molecule has 1 rings (SSSR count). The van der Waals surface area contributed by atoms with Crippen molar-refractivity contribution >= 4 is 0 Å².